The molecule has 1 amide bonds. The lowest BCUT2D eigenvalue weighted by molar-refractivity contribution is -0.124. The first-order chi connectivity index (χ1) is 12.7. The van der Waals surface area contributed by atoms with Crippen molar-refractivity contribution in [3.8, 4) is 0 Å². The molecule has 2 aromatic rings. The smallest absolute Gasteiger partial charge is 0.270 e. The van der Waals surface area contributed by atoms with Gasteiger partial charge in [0.05, 0.1) is 32.9 Å². The van der Waals surface area contributed by atoms with E-state index in [1.807, 2.05) is 34.8 Å². The van der Waals surface area contributed by atoms with Crippen molar-refractivity contribution in [3.63, 3.8) is 0 Å². The molecule has 4 rings (SSSR count). The molecule has 8 heteroatoms. The molecule has 2 fully saturated rings. The van der Waals surface area contributed by atoms with E-state index in [2.05, 4.69) is 14.9 Å². The molecule has 2 aliphatic heterocycles. The van der Waals surface area contributed by atoms with Gasteiger partial charge in [0.15, 0.2) is 0 Å². The summed E-state index contributed by atoms with van der Waals surface area (Å²) in [6.45, 7) is 3.87. The molecule has 0 aromatic carbocycles. The summed E-state index contributed by atoms with van der Waals surface area (Å²) >= 11 is 0. The molecule has 2 aliphatic rings. The molecular weight excluding hydrogens is 334 g/mol. The minimum atomic E-state index is -0.575. The van der Waals surface area contributed by atoms with E-state index in [4.69, 9.17) is 9.47 Å². The third kappa shape index (κ3) is 3.30. The van der Waals surface area contributed by atoms with Crippen LogP contribution in [0.25, 0.3) is 0 Å². The third-order valence-electron chi connectivity index (χ3n) is 4.88. The van der Waals surface area contributed by atoms with Gasteiger partial charge < -0.3 is 23.8 Å². The van der Waals surface area contributed by atoms with Gasteiger partial charge in [-0.1, -0.05) is 0 Å². The van der Waals surface area contributed by atoms with Crippen LogP contribution in [0.3, 0.4) is 0 Å². The molecule has 0 bridgehead atoms. The summed E-state index contributed by atoms with van der Waals surface area (Å²) in [7, 11) is 1.88. The molecular formula is C18H23N5O3. The normalized spacial score (nSPS) is 23.9. The van der Waals surface area contributed by atoms with Gasteiger partial charge in [0.2, 0.25) is 5.95 Å². The predicted octanol–water partition coefficient (Wildman–Crippen LogP) is 0.563. The minimum Gasteiger partial charge on any atom is -0.376 e. The Labute approximate surface area is 152 Å². The lowest BCUT2D eigenvalue weighted by Crippen LogP contribution is -2.60. The molecule has 2 aromatic heterocycles. The maximum atomic E-state index is 12.9. The van der Waals surface area contributed by atoms with Crippen molar-refractivity contribution in [2.75, 3.05) is 50.9 Å². The van der Waals surface area contributed by atoms with Crippen LogP contribution in [0.15, 0.2) is 36.8 Å². The molecule has 2 saturated heterocycles. The highest BCUT2D eigenvalue weighted by atomic mass is 16.5. The van der Waals surface area contributed by atoms with E-state index >= 15 is 0 Å². The SMILES string of the molecule is Cn1cccc1C(=O)N1CCOC2(COCCN(c3ncccn3)C2)C1. The number of morpholine rings is 1. The lowest BCUT2D eigenvalue weighted by atomic mass is 10.0. The summed E-state index contributed by atoms with van der Waals surface area (Å²) in [5.74, 6) is 0.679. The Hall–Kier alpha value is -2.45. The summed E-state index contributed by atoms with van der Waals surface area (Å²) in [4.78, 5) is 25.5. The summed E-state index contributed by atoms with van der Waals surface area (Å²) < 4.78 is 13.8. The summed E-state index contributed by atoms with van der Waals surface area (Å²) in [5.41, 5.74) is 0.106. The molecule has 0 aliphatic carbocycles. The van der Waals surface area contributed by atoms with Crippen molar-refractivity contribution in [1.29, 1.82) is 0 Å². The van der Waals surface area contributed by atoms with Crippen molar-refractivity contribution >= 4 is 11.9 Å². The maximum absolute atomic E-state index is 12.9. The predicted molar refractivity (Wildman–Crippen MR) is 95.1 cm³/mol. The number of hydrogen-bond donors (Lipinski definition) is 0. The number of rotatable bonds is 2. The minimum absolute atomic E-state index is 0.0203. The van der Waals surface area contributed by atoms with Crippen molar-refractivity contribution in [2.24, 2.45) is 7.05 Å². The first-order valence-corrected chi connectivity index (χ1v) is 8.81. The lowest BCUT2D eigenvalue weighted by Gasteiger charge is -2.43. The summed E-state index contributed by atoms with van der Waals surface area (Å²) in [6.07, 6.45) is 5.34. The quantitative estimate of drug-likeness (QED) is 0.782. The van der Waals surface area contributed by atoms with Crippen LogP contribution in [-0.2, 0) is 16.5 Å². The van der Waals surface area contributed by atoms with Gasteiger partial charge >= 0.3 is 0 Å². The van der Waals surface area contributed by atoms with E-state index in [1.165, 1.54) is 0 Å². The van der Waals surface area contributed by atoms with Crippen LogP contribution >= 0.6 is 0 Å². The Balaban J connectivity index is 1.54. The van der Waals surface area contributed by atoms with E-state index in [1.54, 1.807) is 18.5 Å². The average Bonchev–Trinajstić information content (AvgIpc) is 3.00. The van der Waals surface area contributed by atoms with Crippen molar-refractivity contribution in [3.05, 3.63) is 42.5 Å². The van der Waals surface area contributed by atoms with Crippen LogP contribution < -0.4 is 4.90 Å². The topological polar surface area (TPSA) is 72.7 Å². The van der Waals surface area contributed by atoms with Gasteiger partial charge in [-0.15, -0.1) is 0 Å². The first-order valence-electron chi connectivity index (χ1n) is 8.81. The van der Waals surface area contributed by atoms with Gasteiger partial charge in [-0.2, -0.15) is 0 Å². The van der Waals surface area contributed by atoms with E-state index in [0.29, 0.717) is 57.6 Å². The molecule has 1 unspecified atom stereocenters. The van der Waals surface area contributed by atoms with Crippen LogP contribution in [0.5, 0.6) is 0 Å². The second-order valence-electron chi connectivity index (χ2n) is 6.79. The average molecular weight is 357 g/mol. The van der Waals surface area contributed by atoms with E-state index < -0.39 is 5.60 Å². The van der Waals surface area contributed by atoms with Gasteiger partial charge in [-0.05, 0) is 18.2 Å². The summed E-state index contributed by atoms with van der Waals surface area (Å²) in [5, 5.41) is 0. The Morgan fingerprint density at radius 2 is 2.00 bits per heavy atom. The van der Waals surface area contributed by atoms with Crippen LogP contribution in [0.2, 0.25) is 0 Å². The molecule has 138 valence electrons. The van der Waals surface area contributed by atoms with Gasteiger partial charge in [-0.25, -0.2) is 9.97 Å². The standard InChI is InChI=1S/C18H23N5O3/c1-21-7-2-4-15(21)16(24)22-9-11-26-18(12-22)13-23(8-10-25-14-18)17-19-5-3-6-20-17/h2-7H,8-14H2,1H3. The van der Waals surface area contributed by atoms with Crippen LogP contribution in [0.4, 0.5) is 5.95 Å². The van der Waals surface area contributed by atoms with E-state index in [-0.39, 0.29) is 5.91 Å². The summed E-state index contributed by atoms with van der Waals surface area (Å²) in [6, 6.07) is 5.52. The zero-order valence-corrected chi connectivity index (χ0v) is 14.9. The Morgan fingerprint density at radius 1 is 1.15 bits per heavy atom. The van der Waals surface area contributed by atoms with E-state index in [9.17, 15) is 4.79 Å². The molecule has 26 heavy (non-hydrogen) atoms. The number of ether oxygens (including phenoxy) is 2. The molecule has 0 radical (unpaired) electrons. The zero-order valence-electron chi connectivity index (χ0n) is 14.9. The van der Waals surface area contributed by atoms with Crippen molar-refractivity contribution in [1.82, 2.24) is 19.4 Å². The third-order valence-corrected chi connectivity index (χ3v) is 4.88. The Kier molecular flexibility index (Phi) is 4.60. The Morgan fingerprint density at radius 3 is 2.77 bits per heavy atom. The fourth-order valence-electron chi connectivity index (χ4n) is 3.58. The van der Waals surface area contributed by atoms with Gasteiger partial charge in [-0.3, -0.25) is 4.79 Å². The second-order valence-corrected chi connectivity index (χ2v) is 6.79. The number of nitrogens with zero attached hydrogens (tertiary/aromatic N) is 5. The molecule has 1 spiro atoms. The highest BCUT2D eigenvalue weighted by Gasteiger charge is 2.42. The van der Waals surface area contributed by atoms with Gasteiger partial charge in [0, 0.05) is 38.7 Å². The van der Waals surface area contributed by atoms with Gasteiger partial charge in [0.1, 0.15) is 11.3 Å². The molecule has 0 N–H and O–H groups in total. The largest absolute Gasteiger partial charge is 0.376 e. The van der Waals surface area contributed by atoms with Crippen molar-refractivity contribution < 1.29 is 14.3 Å². The number of anilines is 1. The highest BCUT2D eigenvalue weighted by Crippen LogP contribution is 2.25. The number of aromatic nitrogens is 3. The first kappa shape index (κ1) is 17.0. The monoisotopic (exact) mass is 357 g/mol. The molecule has 0 saturated carbocycles. The number of carbonyl (C=O) groups is 1. The Bertz CT molecular complexity index is 765. The van der Waals surface area contributed by atoms with Crippen LogP contribution in [-0.4, -0.2) is 76.9 Å². The van der Waals surface area contributed by atoms with Crippen LogP contribution in [0, 0.1) is 0 Å². The van der Waals surface area contributed by atoms with Gasteiger partial charge in [0.25, 0.3) is 5.91 Å². The van der Waals surface area contributed by atoms with E-state index in [0.717, 1.165) is 0 Å². The molecule has 1 atom stereocenters. The fourth-order valence-corrected chi connectivity index (χ4v) is 3.58. The highest BCUT2D eigenvalue weighted by molar-refractivity contribution is 5.92. The maximum Gasteiger partial charge on any atom is 0.270 e. The number of hydrogen-bond acceptors (Lipinski definition) is 6. The molecule has 8 nitrogen and oxygen atoms in total. The van der Waals surface area contributed by atoms with Crippen LogP contribution in [0.1, 0.15) is 10.5 Å². The number of carbonyl (C=O) groups excluding carboxylic acids is 1. The number of amides is 1. The second kappa shape index (κ2) is 7.05. The fraction of sp³-hybridized carbons (Fsp3) is 0.500. The number of aryl methyl sites for hydroxylation is 1. The zero-order chi connectivity index (χ0) is 18.0. The van der Waals surface area contributed by atoms with Crippen molar-refractivity contribution in [2.45, 2.75) is 5.60 Å². The molecule has 4 heterocycles.